The lowest BCUT2D eigenvalue weighted by Gasteiger charge is -2.42. The van der Waals surface area contributed by atoms with Crippen molar-refractivity contribution in [1.29, 1.82) is 0 Å². The van der Waals surface area contributed by atoms with Crippen LogP contribution in [0.2, 0.25) is 0 Å². The van der Waals surface area contributed by atoms with E-state index in [4.69, 9.17) is 5.11 Å². The van der Waals surface area contributed by atoms with E-state index in [1.165, 1.54) is 0 Å². The fourth-order valence-electron chi connectivity index (χ4n) is 3.02. The first-order chi connectivity index (χ1) is 8.60. The number of hydrogen-bond donors (Lipinski definition) is 2. The monoisotopic (exact) mass is 255 g/mol. The van der Waals surface area contributed by atoms with Gasteiger partial charge in [0, 0.05) is 19.7 Å². The molecule has 0 aromatic carbocycles. The zero-order valence-electron chi connectivity index (χ0n) is 10.6. The molecule has 102 valence electrons. The number of aliphatic carboxylic acids is 1. The Balaban J connectivity index is 2.02. The molecule has 1 saturated carbocycles. The molecule has 1 saturated heterocycles. The van der Waals surface area contributed by atoms with Gasteiger partial charge < -0.3 is 15.1 Å². The van der Waals surface area contributed by atoms with Gasteiger partial charge in [-0.15, -0.1) is 0 Å². The number of rotatable bonds is 4. The number of carbonyl (C=O) groups excluding carboxylic acids is 1. The summed E-state index contributed by atoms with van der Waals surface area (Å²) in [6, 6.07) is 0. The van der Waals surface area contributed by atoms with E-state index in [2.05, 4.69) is 0 Å². The highest BCUT2D eigenvalue weighted by atomic mass is 16.4. The molecule has 0 aromatic rings. The van der Waals surface area contributed by atoms with E-state index in [9.17, 15) is 14.7 Å². The van der Waals surface area contributed by atoms with Gasteiger partial charge in [-0.25, -0.2) is 0 Å². The highest BCUT2D eigenvalue weighted by Gasteiger charge is 2.53. The van der Waals surface area contributed by atoms with Crippen LogP contribution < -0.4 is 0 Å². The molecule has 2 fully saturated rings. The third kappa shape index (κ3) is 2.23. The van der Waals surface area contributed by atoms with Crippen LogP contribution in [0.25, 0.3) is 0 Å². The van der Waals surface area contributed by atoms with E-state index in [0.717, 1.165) is 19.3 Å². The number of aliphatic hydroxyl groups excluding tert-OH is 1. The summed E-state index contributed by atoms with van der Waals surface area (Å²) >= 11 is 0. The molecule has 1 aliphatic heterocycles. The van der Waals surface area contributed by atoms with E-state index < -0.39 is 11.4 Å². The minimum atomic E-state index is -1.14. The van der Waals surface area contributed by atoms with Gasteiger partial charge in [-0.3, -0.25) is 9.59 Å². The molecule has 2 rings (SSSR count). The molecular formula is C13H21NO4. The van der Waals surface area contributed by atoms with Crippen LogP contribution in [0.3, 0.4) is 0 Å². The fraction of sp³-hybridized carbons (Fsp3) is 0.846. The molecule has 5 heteroatoms. The molecule has 1 unspecified atom stereocenters. The van der Waals surface area contributed by atoms with Gasteiger partial charge in [-0.1, -0.05) is 6.42 Å². The van der Waals surface area contributed by atoms with Crippen LogP contribution in [-0.2, 0) is 9.59 Å². The van der Waals surface area contributed by atoms with E-state index in [1.54, 1.807) is 4.90 Å². The van der Waals surface area contributed by atoms with Crippen molar-refractivity contribution in [1.82, 2.24) is 4.90 Å². The second-order valence-electron chi connectivity index (χ2n) is 5.51. The van der Waals surface area contributed by atoms with Gasteiger partial charge in [0.25, 0.3) is 0 Å². The zero-order chi connectivity index (χ0) is 13.2. The molecule has 2 N–H and O–H groups in total. The van der Waals surface area contributed by atoms with Gasteiger partial charge in [-0.2, -0.15) is 0 Å². The summed E-state index contributed by atoms with van der Waals surface area (Å²) in [5.74, 6) is -0.856. The number of aliphatic hydroxyl groups is 1. The van der Waals surface area contributed by atoms with Crippen molar-refractivity contribution in [3.05, 3.63) is 0 Å². The second kappa shape index (κ2) is 5.26. The fourth-order valence-corrected chi connectivity index (χ4v) is 3.02. The topological polar surface area (TPSA) is 77.8 Å². The summed E-state index contributed by atoms with van der Waals surface area (Å²) in [5.41, 5.74) is -1.14. The predicted molar refractivity (Wildman–Crippen MR) is 64.9 cm³/mol. The summed E-state index contributed by atoms with van der Waals surface area (Å²) in [6.45, 7) is 1.40. The lowest BCUT2D eigenvalue weighted by atomic mass is 9.67. The highest BCUT2D eigenvalue weighted by Crippen LogP contribution is 2.43. The number of likely N-dealkylation sites (tertiary alicyclic amines) is 1. The molecule has 1 amide bonds. The number of carboxylic acids is 1. The molecule has 0 aromatic heterocycles. The Morgan fingerprint density at radius 2 is 2.00 bits per heavy atom. The molecule has 0 bridgehead atoms. The van der Waals surface area contributed by atoms with Gasteiger partial charge in [-0.05, 0) is 38.0 Å². The number of nitrogens with zero attached hydrogens (tertiary/aromatic N) is 1. The molecule has 2 aliphatic rings. The minimum Gasteiger partial charge on any atom is -0.480 e. The van der Waals surface area contributed by atoms with Gasteiger partial charge >= 0.3 is 5.97 Å². The number of hydrogen-bond acceptors (Lipinski definition) is 3. The zero-order valence-corrected chi connectivity index (χ0v) is 10.6. The molecular weight excluding hydrogens is 234 g/mol. The summed E-state index contributed by atoms with van der Waals surface area (Å²) < 4.78 is 0. The molecule has 1 atom stereocenters. The maximum absolute atomic E-state index is 12.4. The van der Waals surface area contributed by atoms with Crippen LogP contribution in [0.15, 0.2) is 0 Å². The van der Waals surface area contributed by atoms with Crippen molar-refractivity contribution in [2.75, 3.05) is 19.7 Å². The quantitative estimate of drug-likeness (QED) is 0.730. The molecule has 1 aliphatic carbocycles. The van der Waals surface area contributed by atoms with Crippen LogP contribution in [0.5, 0.6) is 0 Å². The maximum atomic E-state index is 12.4. The molecule has 1 heterocycles. The second-order valence-corrected chi connectivity index (χ2v) is 5.51. The van der Waals surface area contributed by atoms with Crippen molar-refractivity contribution in [2.45, 2.75) is 38.5 Å². The average Bonchev–Trinajstić information content (AvgIpc) is 2.27. The minimum absolute atomic E-state index is 0.136. The summed E-state index contributed by atoms with van der Waals surface area (Å²) in [5, 5.41) is 18.2. The van der Waals surface area contributed by atoms with Crippen LogP contribution >= 0.6 is 0 Å². The Kier molecular flexibility index (Phi) is 3.90. The van der Waals surface area contributed by atoms with Gasteiger partial charge in [0.05, 0.1) is 0 Å². The third-order valence-corrected chi connectivity index (χ3v) is 4.37. The van der Waals surface area contributed by atoms with Crippen molar-refractivity contribution in [2.24, 2.45) is 11.3 Å². The number of carbonyl (C=O) groups is 2. The smallest absolute Gasteiger partial charge is 0.319 e. The van der Waals surface area contributed by atoms with Crippen molar-refractivity contribution < 1.29 is 19.8 Å². The Morgan fingerprint density at radius 3 is 2.50 bits per heavy atom. The Bertz CT molecular complexity index is 336. The Morgan fingerprint density at radius 1 is 1.28 bits per heavy atom. The van der Waals surface area contributed by atoms with E-state index in [0.29, 0.717) is 38.3 Å². The number of carboxylic acid groups (broad SMARTS) is 1. The predicted octanol–water partition coefficient (Wildman–Crippen LogP) is 0.862. The van der Waals surface area contributed by atoms with Crippen molar-refractivity contribution >= 4 is 11.9 Å². The molecule has 0 spiro atoms. The van der Waals surface area contributed by atoms with Crippen molar-refractivity contribution in [3.63, 3.8) is 0 Å². The van der Waals surface area contributed by atoms with Crippen LogP contribution in [0, 0.1) is 11.3 Å². The molecule has 5 nitrogen and oxygen atoms in total. The highest BCUT2D eigenvalue weighted by molar-refractivity contribution is 6.02. The van der Waals surface area contributed by atoms with Crippen molar-refractivity contribution in [3.8, 4) is 0 Å². The first-order valence-electron chi connectivity index (χ1n) is 6.74. The molecule has 18 heavy (non-hydrogen) atoms. The Labute approximate surface area is 107 Å². The van der Waals surface area contributed by atoms with Crippen LogP contribution in [0.4, 0.5) is 0 Å². The third-order valence-electron chi connectivity index (χ3n) is 4.37. The van der Waals surface area contributed by atoms with Crippen LogP contribution in [0.1, 0.15) is 38.5 Å². The standard InChI is InChI=1S/C13H21NO4/c15-8-4-10-3-1-7-14(9-10)11(16)13(12(17)18)5-2-6-13/h10,15H,1-9H2,(H,17,18). The van der Waals surface area contributed by atoms with E-state index in [-0.39, 0.29) is 12.5 Å². The largest absolute Gasteiger partial charge is 0.480 e. The summed E-state index contributed by atoms with van der Waals surface area (Å²) in [4.78, 5) is 25.4. The number of amides is 1. The normalized spacial score (nSPS) is 26.5. The lowest BCUT2D eigenvalue weighted by Crippen LogP contribution is -2.54. The van der Waals surface area contributed by atoms with Gasteiger partial charge in [0.2, 0.25) is 5.91 Å². The summed E-state index contributed by atoms with van der Waals surface area (Å²) in [7, 11) is 0. The molecule has 0 radical (unpaired) electrons. The number of piperidine rings is 1. The maximum Gasteiger partial charge on any atom is 0.319 e. The SMILES string of the molecule is O=C(O)C1(C(=O)N2CCCC(CCO)C2)CCC1. The Hall–Kier alpha value is -1.10. The first kappa shape index (κ1) is 13.3. The summed E-state index contributed by atoms with van der Waals surface area (Å²) in [6.07, 6.45) is 4.40. The van der Waals surface area contributed by atoms with E-state index >= 15 is 0 Å². The lowest BCUT2D eigenvalue weighted by molar-refractivity contribution is -0.168. The first-order valence-corrected chi connectivity index (χ1v) is 6.74. The van der Waals surface area contributed by atoms with E-state index in [1.807, 2.05) is 0 Å². The van der Waals surface area contributed by atoms with Crippen LogP contribution in [-0.4, -0.2) is 46.7 Å². The van der Waals surface area contributed by atoms with Gasteiger partial charge in [0.1, 0.15) is 5.41 Å². The van der Waals surface area contributed by atoms with Gasteiger partial charge in [0.15, 0.2) is 0 Å². The average molecular weight is 255 g/mol.